The van der Waals surface area contributed by atoms with Gasteiger partial charge in [0, 0.05) is 25.4 Å². The molecule has 0 spiro atoms. The van der Waals surface area contributed by atoms with Crippen molar-refractivity contribution in [2.45, 2.75) is 50.7 Å². The zero-order valence-electron chi connectivity index (χ0n) is 24.7. The van der Waals surface area contributed by atoms with Gasteiger partial charge in [-0.3, -0.25) is 4.79 Å². The number of carbonyl (C=O) groups is 3. The SMILES string of the molecule is O=C(O)COC(C(=O)O)C(OCCCCCc1ccc2ccccc2c1)C(=O)NCCCCNc1ccc2ccccc2c1. The molecule has 0 aliphatic heterocycles. The van der Waals surface area contributed by atoms with Crippen LogP contribution in [-0.2, 0) is 30.3 Å². The zero-order chi connectivity index (χ0) is 31.1. The van der Waals surface area contributed by atoms with Gasteiger partial charge in [-0.15, -0.1) is 0 Å². The smallest absolute Gasteiger partial charge is 0.336 e. The standard InChI is InChI=1S/C35H40N2O7/c38-31(39)24-44-33(35(41)42)32(43-21-9-1-2-10-25-15-16-26-11-3-5-13-28(26)22-25)34(40)37-20-8-7-19-36-30-18-17-27-12-4-6-14-29(27)23-30/h3-6,11-18,22-23,32-33,36H,1-2,7-10,19-21,24H2,(H,37,40)(H,38,39)(H,41,42). The zero-order valence-corrected chi connectivity index (χ0v) is 24.7. The van der Waals surface area contributed by atoms with E-state index in [1.165, 1.54) is 21.7 Å². The maximum atomic E-state index is 13.0. The minimum absolute atomic E-state index is 0.145. The number of fused-ring (bicyclic) bond motifs is 2. The second-order valence-corrected chi connectivity index (χ2v) is 10.7. The number of benzene rings is 4. The summed E-state index contributed by atoms with van der Waals surface area (Å²) in [4.78, 5) is 35.9. The minimum atomic E-state index is -1.74. The van der Waals surface area contributed by atoms with E-state index in [4.69, 9.17) is 14.6 Å². The van der Waals surface area contributed by atoms with E-state index in [0.717, 1.165) is 36.8 Å². The van der Waals surface area contributed by atoms with E-state index >= 15 is 0 Å². The second kappa shape index (κ2) is 17.0. The van der Waals surface area contributed by atoms with Gasteiger partial charge in [-0.2, -0.15) is 0 Å². The Morgan fingerprint density at radius 2 is 1.32 bits per heavy atom. The first-order valence-electron chi connectivity index (χ1n) is 15.1. The highest BCUT2D eigenvalue weighted by atomic mass is 16.6. The molecule has 2 atom stereocenters. The Kier molecular flexibility index (Phi) is 12.5. The second-order valence-electron chi connectivity index (χ2n) is 10.7. The molecule has 9 heteroatoms. The molecule has 0 saturated heterocycles. The fourth-order valence-corrected chi connectivity index (χ4v) is 5.06. The van der Waals surface area contributed by atoms with E-state index in [1.807, 2.05) is 30.3 Å². The van der Waals surface area contributed by atoms with E-state index in [9.17, 15) is 19.5 Å². The van der Waals surface area contributed by atoms with Crippen LogP contribution in [0.15, 0.2) is 84.9 Å². The Labute approximate surface area is 257 Å². The number of rotatable bonds is 19. The number of hydrogen-bond donors (Lipinski definition) is 4. The van der Waals surface area contributed by atoms with Crippen molar-refractivity contribution in [3.8, 4) is 0 Å². The molecule has 4 N–H and O–H groups in total. The third kappa shape index (κ3) is 10.1. The summed E-state index contributed by atoms with van der Waals surface area (Å²) in [7, 11) is 0. The molecule has 4 aromatic rings. The number of nitrogens with one attached hydrogen (secondary N) is 2. The van der Waals surface area contributed by atoms with Crippen LogP contribution < -0.4 is 10.6 Å². The van der Waals surface area contributed by atoms with Gasteiger partial charge in [0.25, 0.3) is 5.91 Å². The third-order valence-corrected chi connectivity index (χ3v) is 7.37. The first-order valence-corrected chi connectivity index (χ1v) is 15.1. The van der Waals surface area contributed by atoms with Crippen molar-refractivity contribution in [1.82, 2.24) is 5.32 Å². The Balaban J connectivity index is 1.20. The Morgan fingerprint density at radius 1 is 0.659 bits per heavy atom. The number of carboxylic acids is 2. The van der Waals surface area contributed by atoms with Crippen LogP contribution in [0.4, 0.5) is 5.69 Å². The van der Waals surface area contributed by atoms with Gasteiger partial charge in [0.1, 0.15) is 6.61 Å². The van der Waals surface area contributed by atoms with Gasteiger partial charge >= 0.3 is 11.9 Å². The molecule has 0 radical (unpaired) electrons. The van der Waals surface area contributed by atoms with Crippen LogP contribution in [0, 0.1) is 0 Å². The molecule has 4 aromatic carbocycles. The predicted molar refractivity (Wildman–Crippen MR) is 171 cm³/mol. The van der Waals surface area contributed by atoms with Crippen LogP contribution in [0.3, 0.4) is 0 Å². The molecule has 1 amide bonds. The van der Waals surface area contributed by atoms with Crippen molar-refractivity contribution in [2.24, 2.45) is 0 Å². The molecule has 0 heterocycles. The van der Waals surface area contributed by atoms with E-state index < -0.39 is 36.7 Å². The molecule has 9 nitrogen and oxygen atoms in total. The lowest BCUT2D eigenvalue weighted by Crippen LogP contribution is -2.49. The van der Waals surface area contributed by atoms with Gasteiger partial charge in [-0.25, -0.2) is 9.59 Å². The molecule has 0 aromatic heterocycles. The van der Waals surface area contributed by atoms with Gasteiger partial charge < -0.3 is 30.3 Å². The highest BCUT2D eigenvalue weighted by Gasteiger charge is 2.36. The summed E-state index contributed by atoms with van der Waals surface area (Å²) in [6, 6.07) is 28.9. The summed E-state index contributed by atoms with van der Waals surface area (Å²) < 4.78 is 10.8. The average Bonchev–Trinajstić information content (AvgIpc) is 3.02. The normalized spacial score (nSPS) is 12.5. The highest BCUT2D eigenvalue weighted by Crippen LogP contribution is 2.19. The molecular weight excluding hydrogens is 560 g/mol. The molecule has 0 saturated carbocycles. The summed E-state index contributed by atoms with van der Waals surface area (Å²) in [6.07, 6.45) is 1.45. The van der Waals surface area contributed by atoms with Crippen molar-refractivity contribution in [2.75, 3.05) is 31.6 Å². The summed E-state index contributed by atoms with van der Waals surface area (Å²) >= 11 is 0. The Bertz CT molecular complexity index is 1540. The molecule has 0 fully saturated rings. The molecule has 0 bridgehead atoms. The minimum Gasteiger partial charge on any atom is -0.480 e. The van der Waals surface area contributed by atoms with Crippen molar-refractivity contribution >= 4 is 45.1 Å². The number of carboxylic acid groups (broad SMARTS) is 2. The van der Waals surface area contributed by atoms with E-state index in [0.29, 0.717) is 25.9 Å². The summed E-state index contributed by atoms with van der Waals surface area (Å²) in [5.74, 6) is -3.42. The van der Waals surface area contributed by atoms with E-state index in [1.54, 1.807) is 0 Å². The number of unbranched alkanes of at least 4 members (excludes halogenated alkanes) is 3. The Morgan fingerprint density at radius 3 is 2.02 bits per heavy atom. The number of carbonyl (C=O) groups excluding carboxylic acids is 1. The molecule has 4 rings (SSSR count). The van der Waals surface area contributed by atoms with Crippen molar-refractivity contribution in [3.63, 3.8) is 0 Å². The van der Waals surface area contributed by atoms with Crippen LogP contribution in [0.5, 0.6) is 0 Å². The number of hydrogen-bond acceptors (Lipinski definition) is 6. The van der Waals surface area contributed by atoms with Crippen LogP contribution in [0.1, 0.15) is 37.7 Å². The summed E-state index contributed by atoms with van der Waals surface area (Å²) in [6.45, 7) is 0.309. The molecule has 2 unspecified atom stereocenters. The van der Waals surface area contributed by atoms with Crippen LogP contribution in [0.25, 0.3) is 21.5 Å². The van der Waals surface area contributed by atoms with Gasteiger partial charge in [0.15, 0.2) is 12.2 Å². The summed E-state index contributed by atoms with van der Waals surface area (Å²) in [5, 5.41) is 29.5. The number of ether oxygens (including phenoxy) is 2. The fourth-order valence-electron chi connectivity index (χ4n) is 5.06. The molecule has 232 valence electrons. The maximum Gasteiger partial charge on any atom is 0.336 e. The fraction of sp³-hybridized carbons (Fsp3) is 0.343. The molecule has 0 aliphatic carbocycles. The quantitative estimate of drug-likeness (QED) is 0.101. The lowest BCUT2D eigenvalue weighted by molar-refractivity contribution is -0.172. The van der Waals surface area contributed by atoms with Crippen LogP contribution >= 0.6 is 0 Å². The van der Waals surface area contributed by atoms with E-state index in [2.05, 4.69) is 65.2 Å². The van der Waals surface area contributed by atoms with Crippen molar-refractivity contribution < 1.29 is 34.1 Å². The number of anilines is 1. The van der Waals surface area contributed by atoms with Gasteiger partial charge in [0.05, 0.1) is 0 Å². The monoisotopic (exact) mass is 600 g/mol. The first kappa shape index (κ1) is 32.4. The van der Waals surface area contributed by atoms with Gasteiger partial charge in [-0.1, -0.05) is 79.2 Å². The number of aryl methyl sites for hydroxylation is 1. The molecular formula is C35H40N2O7. The number of aliphatic carboxylic acids is 2. The van der Waals surface area contributed by atoms with Gasteiger partial charge in [-0.05, 0) is 71.3 Å². The molecule has 0 aliphatic rings. The van der Waals surface area contributed by atoms with E-state index in [-0.39, 0.29) is 6.61 Å². The topological polar surface area (TPSA) is 134 Å². The third-order valence-electron chi connectivity index (χ3n) is 7.37. The average molecular weight is 601 g/mol. The largest absolute Gasteiger partial charge is 0.480 e. The van der Waals surface area contributed by atoms with Gasteiger partial charge in [0.2, 0.25) is 0 Å². The predicted octanol–water partition coefficient (Wildman–Crippen LogP) is 5.65. The van der Waals surface area contributed by atoms with Crippen LogP contribution in [-0.4, -0.2) is 66.6 Å². The van der Waals surface area contributed by atoms with Crippen molar-refractivity contribution in [3.05, 3.63) is 90.5 Å². The maximum absolute atomic E-state index is 13.0. The molecule has 44 heavy (non-hydrogen) atoms. The number of amides is 1. The first-order chi connectivity index (χ1) is 21.4. The highest BCUT2D eigenvalue weighted by molar-refractivity contribution is 5.88. The Hall–Kier alpha value is -4.47. The lowest BCUT2D eigenvalue weighted by Gasteiger charge is -2.23. The summed E-state index contributed by atoms with van der Waals surface area (Å²) in [5.41, 5.74) is 2.25. The van der Waals surface area contributed by atoms with Crippen LogP contribution in [0.2, 0.25) is 0 Å². The van der Waals surface area contributed by atoms with Crippen molar-refractivity contribution in [1.29, 1.82) is 0 Å². The lowest BCUT2D eigenvalue weighted by atomic mass is 10.0.